The molecule has 1 radical (unpaired) electrons. The van der Waals surface area contributed by atoms with Crippen LogP contribution in [-0.2, 0) is 0 Å². The van der Waals surface area contributed by atoms with Crippen LogP contribution in [0.3, 0.4) is 0 Å². The van der Waals surface area contributed by atoms with Gasteiger partial charge < -0.3 is 14.5 Å². The summed E-state index contributed by atoms with van der Waals surface area (Å²) in [5, 5.41) is 17.1. The third-order valence-corrected chi connectivity index (χ3v) is 3.03. The Morgan fingerprint density at radius 3 is 2.78 bits per heavy atom. The van der Waals surface area contributed by atoms with E-state index in [1.807, 2.05) is 0 Å². The summed E-state index contributed by atoms with van der Waals surface area (Å²) in [6.07, 6.45) is 7.27. The minimum atomic E-state index is -0.152. The van der Waals surface area contributed by atoms with Gasteiger partial charge in [-0.3, -0.25) is 0 Å². The van der Waals surface area contributed by atoms with E-state index >= 15 is 0 Å². The van der Waals surface area contributed by atoms with Crippen molar-refractivity contribution < 1.29 is 9.63 Å². The molecule has 0 aromatic carbocycles. The highest BCUT2D eigenvalue weighted by molar-refractivity contribution is 5.76. The molecule has 2 aromatic rings. The Morgan fingerprint density at radius 1 is 1.22 bits per heavy atom. The quantitative estimate of drug-likeness (QED) is 0.846. The van der Waals surface area contributed by atoms with Crippen molar-refractivity contribution in [1.29, 1.82) is 0 Å². The third-order valence-electron chi connectivity index (χ3n) is 3.03. The molecule has 1 aliphatic heterocycles. The van der Waals surface area contributed by atoms with Crippen molar-refractivity contribution in [3.05, 3.63) is 12.6 Å². The summed E-state index contributed by atoms with van der Waals surface area (Å²) in [6.45, 7) is 1.81. The fourth-order valence-corrected chi connectivity index (χ4v) is 2.17. The number of aromatic nitrogens is 4. The molecule has 0 unspecified atom stereocenters. The van der Waals surface area contributed by atoms with Crippen molar-refractivity contribution in [2.24, 2.45) is 0 Å². The third kappa shape index (κ3) is 1.87. The zero-order valence-corrected chi connectivity index (χ0v) is 9.70. The van der Waals surface area contributed by atoms with Crippen LogP contribution in [-0.4, -0.2) is 38.5 Å². The first kappa shape index (κ1) is 10.9. The van der Waals surface area contributed by atoms with E-state index in [0.29, 0.717) is 17.1 Å². The Kier molecular flexibility index (Phi) is 2.79. The molecule has 1 saturated heterocycles. The number of aromatic hydroxyl groups is 1. The predicted octanol–water partition coefficient (Wildman–Crippen LogP) is 1.02. The fourth-order valence-electron chi connectivity index (χ4n) is 2.17. The van der Waals surface area contributed by atoms with E-state index in [9.17, 15) is 5.11 Å². The van der Waals surface area contributed by atoms with Crippen LogP contribution in [0, 0.1) is 6.33 Å². The van der Waals surface area contributed by atoms with Gasteiger partial charge in [-0.1, -0.05) is 0 Å². The first-order valence-corrected chi connectivity index (χ1v) is 5.85. The van der Waals surface area contributed by atoms with Gasteiger partial charge in [-0.2, -0.15) is 4.98 Å². The van der Waals surface area contributed by atoms with Gasteiger partial charge in [0.25, 0.3) is 0 Å². The molecule has 18 heavy (non-hydrogen) atoms. The number of hydrogen-bond donors (Lipinski definition) is 1. The van der Waals surface area contributed by atoms with Crippen LogP contribution in [0.25, 0.3) is 11.3 Å². The van der Waals surface area contributed by atoms with Crippen molar-refractivity contribution in [1.82, 2.24) is 20.3 Å². The molecule has 0 aliphatic carbocycles. The monoisotopic (exact) mass is 246 g/mol. The molecule has 0 spiro atoms. The number of nitrogens with zero attached hydrogens (tertiary/aromatic N) is 5. The predicted molar refractivity (Wildman–Crippen MR) is 61.9 cm³/mol. The van der Waals surface area contributed by atoms with Gasteiger partial charge in [0.05, 0.1) is 0 Å². The average Bonchev–Trinajstić information content (AvgIpc) is 2.93. The van der Waals surface area contributed by atoms with E-state index < -0.39 is 0 Å². The molecular weight excluding hydrogens is 234 g/mol. The Morgan fingerprint density at radius 2 is 2.06 bits per heavy atom. The number of hydrogen-bond acceptors (Lipinski definition) is 7. The normalized spacial score (nSPS) is 15.9. The van der Waals surface area contributed by atoms with Crippen LogP contribution < -0.4 is 4.90 Å². The summed E-state index contributed by atoms with van der Waals surface area (Å²) in [4.78, 5) is 9.92. The van der Waals surface area contributed by atoms with Crippen LogP contribution in [0.15, 0.2) is 10.8 Å². The summed E-state index contributed by atoms with van der Waals surface area (Å²) >= 11 is 0. The molecule has 1 N–H and O–H groups in total. The maximum absolute atomic E-state index is 9.88. The minimum Gasteiger partial charge on any atom is -0.493 e. The van der Waals surface area contributed by atoms with Crippen molar-refractivity contribution in [3.63, 3.8) is 0 Å². The molecule has 1 aliphatic rings. The van der Waals surface area contributed by atoms with Crippen molar-refractivity contribution in [3.8, 4) is 17.1 Å². The summed E-state index contributed by atoms with van der Waals surface area (Å²) in [7, 11) is 0. The lowest BCUT2D eigenvalue weighted by molar-refractivity contribution is 0.393. The Balaban J connectivity index is 2.05. The van der Waals surface area contributed by atoms with E-state index in [2.05, 4.69) is 31.6 Å². The van der Waals surface area contributed by atoms with E-state index in [1.54, 1.807) is 0 Å². The summed E-state index contributed by atoms with van der Waals surface area (Å²) in [5.41, 5.74) is 0.888. The fraction of sp³-hybridized carbons (Fsp3) is 0.455. The lowest BCUT2D eigenvalue weighted by Crippen LogP contribution is -2.30. The average molecular weight is 246 g/mol. The molecule has 3 rings (SSSR count). The molecule has 0 atom stereocenters. The molecule has 93 valence electrons. The van der Waals surface area contributed by atoms with Gasteiger partial charge in [-0.25, -0.2) is 4.98 Å². The van der Waals surface area contributed by atoms with Gasteiger partial charge in [0.2, 0.25) is 12.2 Å². The lowest BCUT2D eigenvalue weighted by atomic mass is 10.1. The second-order valence-corrected chi connectivity index (χ2v) is 4.18. The Hall–Kier alpha value is -2.18. The maximum Gasteiger partial charge on any atom is 0.226 e. The molecule has 3 heterocycles. The van der Waals surface area contributed by atoms with E-state index in [1.165, 1.54) is 12.7 Å². The SMILES string of the molecule is Oc1n[c]nc(N2CCCCC2)c1-c1conn1. The van der Waals surface area contributed by atoms with E-state index in [4.69, 9.17) is 4.52 Å². The summed E-state index contributed by atoms with van der Waals surface area (Å²) in [5.74, 6) is 0.485. The minimum absolute atomic E-state index is 0.152. The first-order valence-electron chi connectivity index (χ1n) is 5.85. The van der Waals surface area contributed by atoms with Crippen LogP contribution in [0.2, 0.25) is 0 Å². The molecule has 2 aromatic heterocycles. The molecule has 1 fully saturated rings. The largest absolute Gasteiger partial charge is 0.493 e. The van der Waals surface area contributed by atoms with Crippen LogP contribution in [0.1, 0.15) is 19.3 Å². The summed E-state index contributed by atoms with van der Waals surface area (Å²) < 4.78 is 4.71. The van der Waals surface area contributed by atoms with Gasteiger partial charge in [-0.05, 0) is 19.3 Å². The number of rotatable bonds is 2. The van der Waals surface area contributed by atoms with Gasteiger partial charge in [0.1, 0.15) is 17.1 Å². The van der Waals surface area contributed by atoms with Crippen molar-refractivity contribution in [2.75, 3.05) is 18.0 Å². The van der Waals surface area contributed by atoms with Crippen LogP contribution in [0.4, 0.5) is 5.82 Å². The van der Waals surface area contributed by atoms with Crippen LogP contribution in [0.5, 0.6) is 5.88 Å². The van der Waals surface area contributed by atoms with Gasteiger partial charge in [0, 0.05) is 18.4 Å². The topological polar surface area (TPSA) is 88.2 Å². The maximum atomic E-state index is 9.88. The van der Waals surface area contributed by atoms with E-state index in [0.717, 1.165) is 25.9 Å². The van der Waals surface area contributed by atoms with Crippen LogP contribution >= 0.6 is 0 Å². The van der Waals surface area contributed by atoms with Gasteiger partial charge in [0.15, 0.2) is 6.26 Å². The van der Waals surface area contributed by atoms with Gasteiger partial charge >= 0.3 is 0 Å². The standard InChI is InChI=1S/C11H12N5O2/c17-11-9(8-6-18-15-14-8)10(12-7-13-11)16-4-2-1-3-5-16/h6H,1-5H2,(H,12,13,17). The smallest absolute Gasteiger partial charge is 0.226 e. The summed E-state index contributed by atoms with van der Waals surface area (Å²) in [6, 6.07) is 0. The van der Waals surface area contributed by atoms with Gasteiger partial charge in [-0.15, -0.1) is 5.10 Å². The molecule has 0 saturated carbocycles. The zero-order valence-electron chi connectivity index (χ0n) is 9.70. The Labute approximate surface area is 103 Å². The number of piperidine rings is 1. The Bertz CT molecular complexity index is 522. The second-order valence-electron chi connectivity index (χ2n) is 4.18. The molecule has 7 nitrogen and oxygen atoms in total. The highest BCUT2D eigenvalue weighted by Gasteiger charge is 2.22. The van der Waals surface area contributed by atoms with Crippen molar-refractivity contribution in [2.45, 2.75) is 19.3 Å². The number of anilines is 1. The molecule has 0 amide bonds. The highest BCUT2D eigenvalue weighted by atomic mass is 16.5. The van der Waals surface area contributed by atoms with E-state index in [-0.39, 0.29) is 5.88 Å². The molecular formula is C11H12N5O2. The molecule has 0 bridgehead atoms. The molecule has 7 heteroatoms. The zero-order chi connectivity index (χ0) is 12.4. The highest BCUT2D eigenvalue weighted by Crippen LogP contribution is 2.34. The lowest BCUT2D eigenvalue weighted by Gasteiger charge is -2.28. The first-order chi connectivity index (χ1) is 8.86. The van der Waals surface area contributed by atoms with Crippen molar-refractivity contribution >= 4 is 5.82 Å². The second kappa shape index (κ2) is 4.59.